The van der Waals surface area contributed by atoms with Crippen LogP contribution in [-0.4, -0.2) is 80.8 Å². The zero-order chi connectivity index (χ0) is 35.2. The minimum Gasteiger partial charge on any atom is -0.458 e. The first kappa shape index (κ1) is 35.6. The minimum absolute atomic E-state index is 0.0112. The van der Waals surface area contributed by atoms with Gasteiger partial charge in [-0.05, 0) is 44.0 Å². The molecule has 2 aromatic rings. The van der Waals surface area contributed by atoms with Gasteiger partial charge in [-0.25, -0.2) is 14.6 Å². The molecule has 3 heterocycles. The number of nitrogens with two attached hydrogens (primary N) is 1. The number of hydrogen-bond donors (Lipinski definition) is 2. The Kier molecular flexibility index (Phi) is 11.2. The summed E-state index contributed by atoms with van der Waals surface area (Å²) in [5.74, 6) is -3.61. The van der Waals surface area contributed by atoms with Crippen LogP contribution in [0.2, 0.25) is 0 Å². The van der Waals surface area contributed by atoms with Crippen LogP contribution in [-0.2, 0) is 49.6 Å². The number of ether oxygens (including phenoxy) is 3. The Balaban J connectivity index is 1.39. The topological polar surface area (TPSA) is 232 Å². The molecule has 1 unspecified atom stereocenters. The van der Waals surface area contributed by atoms with Crippen LogP contribution >= 0.6 is 23.1 Å². The van der Waals surface area contributed by atoms with Crippen molar-refractivity contribution in [2.24, 2.45) is 10.6 Å². The van der Waals surface area contributed by atoms with E-state index in [1.165, 1.54) is 52.4 Å². The number of nitro benzene ring substituents is 1. The van der Waals surface area contributed by atoms with E-state index in [1.54, 1.807) is 20.8 Å². The van der Waals surface area contributed by atoms with E-state index in [9.17, 15) is 34.1 Å². The second-order valence-electron chi connectivity index (χ2n) is 11.0. The highest BCUT2D eigenvalue weighted by Gasteiger charge is 2.54. The fourth-order valence-corrected chi connectivity index (χ4v) is 5.98. The number of rotatable bonds is 13. The number of non-ortho nitro benzene ring substituents is 1. The Bertz CT molecular complexity index is 1700. The van der Waals surface area contributed by atoms with Gasteiger partial charge in [0.25, 0.3) is 17.5 Å². The van der Waals surface area contributed by atoms with Crippen LogP contribution in [0.3, 0.4) is 0 Å². The number of nitro groups is 1. The zero-order valence-corrected chi connectivity index (χ0v) is 27.5. The van der Waals surface area contributed by atoms with Gasteiger partial charge < -0.3 is 30.1 Å². The number of esters is 3. The third-order valence-corrected chi connectivity index (χ3v) is 8.56. The summed E-state index contributed by atoms with van der Waals surface area (Å²) in [5, 5.41) is 17.9. The third-order valence-electron chi connectivity index (χ3n) is 6.58. The number of nitrogen functional groups attached to an aromatic ring is 1. The standard InChI is InChI=1S/C29H30N6O11S2/c1-5-16-12-47-25-21(24(38)34(25)22(16)26(39)44-14-45-27(40)29(2,3)4)32-23(37)20(18-13-48-28(30)31-18)33-46-11-19(36)43-10-15-6-8-17(9-7-15)35(41)42/h5-9,13,21,25H,1,10-12,14H2,2-4H3,(H2,30,31)(H,32,37)/t21?,25-/m1/s1. The van der Waals surface area contributed by atoms with Crippen LogP contribution in [0.5, 0.6) is 0 Å². The van der Waals surface area contributed by atoms with E-state index < -0.39 is 64.9 Å². The van der Waals surface area contributed by atoms with Gasteiger partial charge in [-0.3, -0.25) is 29.4 Å². The number of thiazole rings is 1. The second kappa shape index (κ2) is 15.1. The number of aromatic nitrogens is 1. The van der Waals surface area contributed by atoms with Crippen molar-refractivity contribution in [3.8, 4) is 0 Å². The van der Waals surface area contributed by atoms with Crippen LogP contribution in [0.25, 0.3) is 0 Å². The van der Waals surface area contributed by atoms with E-state index >= 15 is 0 Å². The number of thioether (sulfide) groups is 1. The molecule has 2 amide bonds. The van der Waals surface area contributed by atoms with Gasteiger partial charge >= 0.3 is 17.9 Å². The molecule has 0 spiro atoms. The number of carbonyl (C=O) groups excluding carboxylic acids is 5. The Morgan fingerprint density at radius 2 is 1.92 bits per heavy atom. The molecular weight excluding hydrogens is 672 g/mol. The highest BCUT2D eigenvalue weighted by molar-refractivity contribution is 8.00. The van der Waals surface area contributed by atoms with E-state index in [4.69, 9.17) is 24.8 Å². The Labute approximate surface area is 281 Å². The summed E-state index contributed by atoms with van der Waals surface area (Å²) >= 11 is 2.27. The Morgan fingerprint density at radius 3 is 2.52 bits per heavy atom. The third kappa shape index (κ3) is 8.34. The van der Waals surface area contributed by atoms with Gasteiger partial charge in [-0.2, -0.15) is 0 Å². The number of carbonyl (C=O) groups is 5. The van der Waals surface area contributed by atoms with Crippen LogP contribution in [0.1, 0.15) is 32.0 Å². The van der Waals surface area contributed by atoms with E-state index in [2.05, 4.69) is 22.0 Å². The number of nitrogens with zero attached hydrogens (tertiary/aromatic N) is 4. The van der Waals surface area contributed by atoms with Gasteiger partial charge in [0.15, 0.2) is 10.8 Å². The molecule has 4 rings (SSSR count). The number of oxime groups is 1. The molecular formula is C29H30N6O11S2. The number of β-lactam (4-membered cyclic amide) rings is 1. The van der Waals surface area contributed by atoms with Crippen molar-refractivity contribution in [1.29, 1.82) is 0 Å². The van der Waals surface area contributed by atoms with E-state index in [0.29, 0.717) is 11.1 Å². The summed E-state index contributed by atoms with van der Waals surface area (Å²) in [5.41, 5.74) is 5.22. The first-order chi connectivity index (χ1) is 22.7. The predicted molar refractivity (Wildman–Crippen MR) is 171 cm³/mol. The van der Waals surface area contributed by atoms with E-state index in [-0.39, 0.29) is 40.3 Å². The summed E-state index contributed by atoms with van der Waals surface area (Å²) < 4.78 is 15.2. The summed E-state index contributed by atoms with van der Waals surface area (Å²) in [6, 6.07) is 4.29. The van der Waals surface area contributed by atoms with Crippen LogP contribution in [0.15, 0.2) is 58.7 Å². The first-order valence-electron chi connectivity index (χ1n) is 14.0. The molecule has 19 heteroatoms. The monoisotopic (exact) mass is 702 g/mol. The maximum absolute atomic E-state index is 13.3. The van der Waals surface area contributed by atoms with Crippen molar-refractivity contribution in [3.05, 3.63) is 74.9 Å². The fraction of sp³-hybridized carbons (Fsp3) is 0.345. The molecule has 48 heavy (non-hydrogen) atoms. The summed E-state index contributed by atoms with van der Waals surface area (Å²) in [4.78, 5) is 84.3. The number of anilines is 1. The van der Waals surface area contributed by atoms with Gasteiger partial charge in [0.05, 0.1) is 10.3 Å². The molecule has 17 nitrogen and oxygen atoms in total. The van der Waals surface area contributed by atoms with Crippen molar-refractivity contribution in [2.45, 2.75) is 38.8 Å². The van der Waals surface area contributed by atoms with Crippen LogP contribution < -0.4 is 11.1 Å². The average Bonchev–Trinajstić information content (AvgIpc) is 3.48. The molecule has 2 atom stereocenters. The number of allylic oxidation sites excluding steroid dienone is 1. The Morgan fingerprint density at radius 1 is 1.21 bits per heavy atom. The summed E-state index contributed by atoms with van der Waals surface area (Å²) in [6.07, 6.45) is 1.41. The summed E-state index contributed by atoms with van der Waals surface area (Å²) in [7, 11) is 0. The van der Waals surface area contributed by atoms with E-state index in [1.807, 2.05) is 0 Å². The van der Waals surface area contributed by atoms with Gasteiger partial charge in [-0.1, -0.05) is 17.8 Å². The normalized spacial score (nSPS) is 17.4. The quantitative estimate of drug-likeness (QED) is 0.0760. The van der Waals surface area contributed by atoms with Gasteiger partial charge in [0.1, 0.15) is 29.4 Å². The smallest absolute Gasteiger partial charge is 0.358 e. The van der Waals surface area contributed by atoms with Crippen molar-refractivity contribution in [3.63, 3.8) is 0 Å². The zero-order valence-electron chi connectivity index (χ0n) is 25.8. The van der Waals surface area contributed by atoms with Crippen molar-refractivity contribution >= 4 is 69.4 Å². The highest BCUT2D eigenvalue weighted by Crippen LogP contribution is 2.41. The van der Waals surface area contributed by atoms with Crippen LogP contribution in [0.4, 0.5) is 10.8 Å². The van der Waals surface area contributed by atoms with Gasteiger partial charge in [0, 0.05) is 23.3 Å². The molecule has 254 valence electrons. The molecule has 2 aliphatic heterocycles. The highest BCUT2D eigenvalue weighted by atomic mass is 32.2. The molecule has 2 aliphatic rings. The lowest BCUT2D eigenvalue weighted by molar-refractivity contribution is -0.384. The van der Waals surface area contributed by atoms with Crippen LogP contribution in [0, 0.1) is 15.5 Å². The number of fused-ring (bicyclic) bond motifs is 1. The lowest BCUT2D eigenvalue weighted by Gasteiger charge is -2.49. The van der Waals surface area contributed by atoms with Crippen molar-refractivity contribution in [1.82, 2.24) is 15.2 Å². The molecule has 0 bridgehead atoms. The predicted octanol–water partition coefficient (Wildman–Crippen LogP) is 2.03. The fourth-order valence-electron chi connectivity index (χ4n) is 4.09. The molecule has 1 saturated heterocycles. The number of benzene rings is 1. The maximum atomic E-state index is 13.3. The largest absolute Gasteiger partial charge is 0.458 e. The lowest BCUT2D eigenvalue weighted by atomic mass is 9.98. The van der Waals surface area contributed by atoms with Gasteiger partial charge in [0.2, 0.25) is 13.4 Å². The van der Waals surface area contributed by atoms with Gasteiger partial charge in [-0.15, -0.1) is 23.1 Å². The molecule has 1 aromatic heterocycles. The summed E-state index contributed by atoms with van der Waals surface area (Å²) in [6.45, 7) is 7.04. The number of nitrogens with one attached hydrogen (secondary N) is 1. The Hall–Kier alpha value is -5.30. The SMILES string of the molecule is C=CC1=C(C(=O)OCOC(=O)C(C)(C)C)N2C(=O)C(NC(=O)C(=NOCC(=O)OCc3ccc([N+](=O)[O-])cc3)c3csc(N)n3)[C@H]2SC1. The molecule has 1 fully saturated rings. The maximum Gasteiger partial charge on any atom is 0.358 e. The molecule has 1 aromatic carbocycles. The number of hydrogen-bond acceptors (Lipinski definition) is 16. The molecule has 0 saturated carbocycles. The number of amides is 2. The van der Waals surface area contributed by atoms with Crippen molar-refractivity contribution < 1.29 is 47.9 Å². The lowest BCUT2D eigenvalue weighted by Crippen LogP contribution is -2.71. The van der Waals surface area contributed by atoms with E-state index in [0.717, 1.165) is 11.3 Å². The first-order valence-corrected chi connectivity index (χ1v) is 15.9. The average molecular weight is 703 g/mol. The molecule has 0 radical (unpaired) electrons. The minimum atomic E-state index is -1.09. The van der Waals surface area contributed by atoms with Crippen molar-refractivity contribution in [2.75, 3.05) is 24.9 Å². The molecule has 0 aliphatic carbocycles. The molecule has 3 N–H and O–H groups in total. The second-order valence-corrected chi connectivity index (χ2v) is 13.0.